The molecule has 0 aliphatic carbocycles. The number of anilines is 1. The summed E-state index contributed by atoms with van der Waals surface area (Å²) in [5.74, 6) is -0.203. The number of amides is 2. The van der Waals surface area contributed by atoms with Crippen LogP contribution in [0.5, 0.6) is 0 Å². The van der Waals surface area contributed by atoms with Gasteiger partial charge in [-0.1, -0.05) is 24.3 Å². The second-order valence-electron chi connectivity index (χ2n) is 6.90. The molecule has 7 heteroatoms. The number of hydrogen-bond acceptors (Lipinski definition) is 5. The molecule has 0 spiro atoms. The predicted octanol–water partition coefficient (Wildman–Crippen LogP) is 2.31. The molecule has 0 saturated carbocycles. The van der Waals surface area contributed by atoms with Crippen LogP contribution in [0.25, 0.3) is 5.57 Å². The number of nitrogens with zero attached hydrogens (tertiary/aromatic N) is 4. The Bertz CT molecular complexity index is 964. The number of benzene rings is 1. The summed E-state index contributed by atoms with van der Waals surface area (Å²) in [6.45, 7) is 6.30. The summed E-state index contributed by atoms with van der Waals surface area (Å²) < 4.78 is 13.4. The highest BCUT2D eigenvalue weighted by atomic mass is 19.1. The first-order valence-corrected chi connectivity index (χ1v) is 9.48. The molecule has 0 N–H and O–H groups in total. The molecule has 148 valence electrons. The average molecular weight is 392 g/mol. The second-order valence-corrected chi connectivity index (χ2v) is 6.90. The minimum Gasteiger partial charge on any atom is -0.363 e. The van der Waals surface area contributed by atoms with Crippen molar-refractivity contribution in [3.63, 3.8) is 0 Å². The van der Waals surface area contributed by atoms with Gasteiger partial charge in [-0.2, -0.15) is 0 Å². The molecule has 29 heavy (non-hydrogen) atoms. The number of carbonyl (C=O) groups excluding carboxylic acids is 2. The molecule has 1 aromatic heterocycles. The normalized spacial score (nSPS) is 17.3. The molecule has 2 amide bonds. The van der Waals surface area contributed by atoms with Crippen LogP contribution in [0.2, 0.25) is 0 Å². The van der Waals surface area contributed by atoms with Crippen molar-refractivity contribution in [1.82, 2.24) is 14.8 Å². The van der Waals surface area contributed by atoms with Crippen molar-refractivity contribution in [2.75, 3.05) is 37.6 Å². The third-order valence-electron chi connectivity index (χ3n) is 5.16. The number of hydrogen-bond donors (Lipinski definition) is 0. The number of halogens is 1. The van der Waals surface area contributed by atoms with Crippen molar-refractivity contribution in [3.8, 4) is 0 Å². The van der Waals surface area contributed by atoms with Crippen LogP contribution in [0.4, 0.5) is 10.2 Å². The molecule has 2 aliphatic rings. The van der Waals surface area contributed by atoms with Gasteiger partial charge >= 0.3 is 0 Å². The molecule has 0 radical (unpaired) electrons. The average Bonchev–Trinajstić information content (AvgIpc) is 3.00. The maximum atomic E-state index is 13.4. The quantitative estimate of drug-likeness (QED) is 0.577. The highest BCUT2D eigenvalue weighted by Gasteiger charge is 2.41. The van der Waals surface area contributed by atoms with E-state index in [1.807, 2.05) is 23.1 Å². The molecule has 1 aromatic carbocycles. The lowest BCUT2D eigenvalue weighted by atomic mass is 10.0. The van der Waals surface area contributed by atoms with Crippen LogP contribution in [0, 0.1) is 5.82 Å². The van der Waals surface area contributed by atoms with Gasteiger partial charge in [0, 0.05) is 38.9 Å². The van der Waals surface area contributed by atoms with Crippen LogP contribution in [-0.2, 0) is 9.59 Å². The molecule has 1 saturated heterocycles. The molecule has 0 bridgehead atoms. The summed E-state index contributed by atoms with van der Waals surface area (Å²) in [7, 11) is 0. The van der Waals surface area contributed by atoms with E-state index in [0.717, 1.165) is 5.82 Å². The van der Waals surface area contributed by atoms with Gasteiger partial charge < -0.3 is 9.80 Å². The Balaban J connectivity index is 1.64. The number of imide groups is 1. The molecule has 6 nitrogen and oxygen atoms in total. The van der Waals surface area contributed by atoms with E-state index in [9.17, 15) is 14.0 Å². The molecule has 4 rings (SSSR count). The van der Waals surface area contributed by atoms with E-state index in [4.69, 9.17) is 0 Å². The fourth-order valence-corrected chi connectivity index (χ4v) is 3.73. The van der Waals surface area contributed by atoms with Gasteiger partial charge in [0.1, 0.15) is 17.3 Å². The number of carbonyl (C=O) groups is 2. The summed E-state index contributed by atoms with van der Waals surface area (Å²) in [5.41, 5.74) is 1.24. The standard InChI is InChI=1S/C22H21FN4O2/c1-2-11-27-21(28)19(16-6-8-17(23)9-7-16)20(22(27)29)26-14-12-25(13-15-26)18-5-3-4-10-24-18/h2-10H,1,11-15H2. The van der Waals surface area contributed by atoms with Gasteiger partial charge in [-0.25, -0.2) is 9.37 Å². The molecule has 2 aliphatic heterocycles. The summed E-state index contributed by atoms with van der Waals surface area (Å²) in [4.78, 5) is 35.7. The lowest BCUT2D eigenvalue weighted by Gasteiger charge is -2.37. The van der Waals surface area contributed by atoms with Gasteiger partial charge in [0.05, 0.1) is 5.57 Å². The van der Waals surface area contributed by atoms with Crippen molar-refractivity contribution in [3.05, 3.63) is 78.4 Å². The van der Waals surface area contributed by atoms with E-state index >= 15 is 0 Å². The Morgan fingerprint density at radius 1 is 0.966 bits per heavy atom. The van der Waals surface area contributed by atoms with Crippen molar-refractivity contribution >= 4 is 23.2 Å². The fraction of sp³-hybridized carbons (Fsp3) is 0.227. The Morgan fingerprint density at radius 2 is 1.66 bits per heavy atom. The van der Waals surface area contributed by atoms with E-state index in [1.54, 1.807) is 6.20 Å². The molecular weight excluding hydrogens is 371 g/mol. The Morgan fingerprint density at radius 3 is 2.28 bits per heavy atom. The minimum absolute atomic E-state index is 0.139. The first kappa shape index (κ1) is 18.9. The zero-order valence-corrected chi connectivity index (χ0v) is 15.9. The van der Waals surface area contributed by atoms with Gasteiger partial charge in [0.2, 0.25) is 0 Å². The maximum Gasteiger partial charge on any atom is 0.278 e. The Kier molecular flexibility index (Phi) is 5.12. The number of aromatic nitrogens is 1. The summed E-state index contributed by atoms with van der Waals surface area (Å²) >= 11 is 0. The lowest BCUT2D eigenvalue weighted by Crippen LogP contribution is -2.47. The first-order valence-electron chi connectivity index (χ1n) is 9.48. The van der Waals surface area contributed by atoms with Gasteiger partial charge in [0.15, 0.2) is 0 Å². The SMILES string of the molecule is C=CCN1C(=O)C(c2ccc(F)cc2)=C(N2CCN(c3ccccn3)CC2)C1=O. The van der Waals surface area contributed by atoms with Crippen molar-refractivity contribution in [1.29, 1.82) is 0 Å². The van der Waals surface area contributed by atoms with Crippen LogP contribution < -0.4 is 4.90 Å². The molecule has 0 unspecified atom stereocenters. The van der Waals surface area contributed by atoms with Gasteiger partial charge in [-0.3, -0.25) is 14.5 Å². The zero-order chi connectivity index (χ0) is 20.4. The summed E-state index contributed by atoms with van der Waals surface area (Å²) in [6.07, 6.45) is 3.28. The van der Waals surface area contributed by atoms with Gasteiger partial charge in [0.25, 0.3) is 11.8 Å². The maximum absolute atomic E-state index is 13.4. The van der Waals surface area contributed by atoms with E-state index in [0.29, 0.717) is 43.0 Å². The zero-order valence-electron chi connectivity index (χ0n) is 15.9. The van der Waals surface area contributed by atoms with Crippen LogP contribution >= 0.6 is 0 Å². The molecule has 2 aromatic rings. The van der Waals surface area contributed by atoms with Crippen LogP contribution in [0.3, 0.4) is 0 Å². The highest BCUT2D eigenvalue weighted by Crippen LogP contribution is 2.32. The number of pyridine rings is 1. The van der Waals surface area contributed by atoms with Crippen molar-refractivity contribution in [2.45, 2.75) is 0 Å². The molecule has 3 heterocycles. The number of rotatable bonds is 5. The number of piperazine rings is 1. The van der Waals surface area contributed by atoms with Crippen molar-refractivity contribution < 1.29 is 14.0 Å². The Hall–Kier alpha value is -3.48. The fourth-order valence-electron chi connectivity index (χ4n) is 3.73. The smallest absolute Gasteiger partial charge is 0.278 e. The second kappa shape index (κ2) is 7.87. The minimum atomic E-state index is -0.389. The summed E-state index contributed by atoms with van der Waals surface area (Å²) in [6, 6.07) is 11.4. The van der Waals surface area contributed by atoms with E-state index in [2.05, 4.69) is 16.5 Å². The van der Waals surface area contributed by atoms with Gasteiger partial charge in [-0.05, 0) is 29.8 Å². The first-order chi connectivity index (χ1) is 14.1. The van der Waals surface area contributed by atoms with Crippen LogP contribution in [0.15, 0.2) is 67.0 Å². The van der Waals surface area contributed by atoms with E-state index in [1.165, 1.54) is 35.2 Å². The van der Waals surface area contributed by atoms with Gasteiger partial charge in [-0.15, -0.1) is 6.58 Å². The molecule has 0 atom stereocenters. The predicted molar refractivity (Wildman–Crippen MR) is 108 cm³/mol. The van der Waals surface area contributed by atoms with E-state index in [-0.39, 0.29) is 24.2 Å². The van der Waals surface area contributed by atoms with E-state index < -0.39 is 0 Å². The lowest BCUT2D eigenvalue weighted by molar-refractivity contribution is -0.136. The third kappa shape index (κ3) is 3.51. The molecular formula is C22H21FN4O2. The third-order valence-corrected chi connectivity index (χ3v) is 5.16. The summed E-state index contributed by atoms with van der Waals surface area (Å²) in [5, 5.41) is 0. The van der Waals surface area contributed by atoms with Crippen LogP contribution in [0.1, 0.15) is 5.56 Å². The molecule has 1 fully saturated rings. The highest BCUT2D eigenvalue weighted by molar-refractivity contribution is 6.35. The monoisotopic (exact) mass is 392 g/mol. The van der Waals surface area contributed by atoms with Crippen molar-refractivity contribution in [2.24, 2.45) is 0 Å². The topological polar surface area (TPSA) is 56.8 Å². The Labute approximate surface area is 168 Å². The largest absolute Gasteiger partial charge is 0.363 e. The van der Waals surface area contributed by atoms with Crippen LogP contribution in [-0.4, -0.2) is 59.3 Å².